The summed E-state index contributed by atoms with van der Waals surface area (Å²) in [6, 6.07) is 3.26. The third-order valence-corrected chi connectivity index (χ3v) is 3.32. The lowest BCUT2D eigenvalue weighted by molar-refractivity contribution is 0.00948. The highest BCUT2D eigenvalue weighted by atomic mass is 16.6. The van der Waals surface area contributed by atoms with Gasteiger partial charge in [-0.2, -0.15) is 0 Å². The first kappa shape index (κ1) is 14.6. The Hall–Kier alpha value is -1.78. The van der Waals surface area contributed by atoms with E-state index in [0.717, 1.165) is 24.8 Å². The zero-order chi connectivity index (χ0) is 14.8. The molecule has 1 aromatic rings. The molecular formula is C15H22N2O3. The quantitative estimate of drug-likeness (QED) is 0.859. The number of aromatic nitrogens is 1. The Morgan fingerprint density at radius 1 is 1.35 bits per heavy atom. The molecule has 2 rings (SSSR count). The molecule has 0 radical (unpaired) electrons. The van der Waals surface area contributed by atoms with Crippen LogP contribution in [0.1, 0.15) is 51.6 Å². The van der Waals surface area contributed by atoms with Crippen molar-refractivity contribution in [1.29, 1.82) is 0 Å². The predicted molar refractivity (Wildman–Crippen MR) is 76.6 cm³/mol. The van der Waals surface area contributed by atoms with E-state index < -0.39 is 5.60 Å². The molecule has 2 heterocycles. The number of aromatic amines is 1. The number of piperidine rings is 1. The minimum Gasteiger partial charge on any atom is -0.444 e. The van der Waals surface area contributed by atoms with Crippen LogP contribution in [0, 0.1) is 0 Å². The van der Waals surface area contributed by atoms with Crippen LogP contribution >= 0.6 is 0 Å². The lowest BCUT2D eigenvalue weighted by atomic mass is 9.97. The lowest BCUT2D eigenvalue weighted by Gasteiger charge is -2.36. The predicted octanol–water partition coefficient (Wildman–Crippen LogP) is 2.84. The number of ether oxygens (including phenoxy) is 1. The number of rotatable bonds is 1. The standard InChI is InChI=1S/C15H22N2O3/c1-15(2,3)20-14(19)17-9-5-4-6-12(17)11-7-8-13(18)16-10-11/h7-8,10,12H,4-6,9H2,1-3H3,(H,16,18)/t12-/m0/s1. The molecule has 5 nitrogen and oxygen atoms in total. The molecule has 1 aromatic heterocycles. The van der Waals surface area contributed by atoms with Gasteiger partial charge in [0.2, 0.25) is 5.56 Å². The second-order valence-corrected chi connectivity index (χ2v) is 6.17. The minimum atomic E-state index is -0.496. The molecule has 5 heteroatoms. The normalized spacial score (nSPS) is 19.8. The fourth-order valence-electron chi connectivity index (χ4n) is 2.45. The van der Waals surface area contributed by atoms with Crippen molar-refractivity contribution >= 4 is 6.09 Å². The number of hydrogen-bond acceptors (Lipinski definition) is 3. The summed E-state index contributed by atoms with van der Waals surface area (Å²) >= 11 is 0. The average molecular weight is 278 g/mol. The van der Waals surface area contributed by atoms with Gasteiger partial charge in [0.1, 0.15) is 5.60 Å². The molecule has 1 N–H and O–H groups in total. The molecule has 1 amide bonds. The molecule has 1 aliphatic heterocycles. The number of pyridine rings is 1. The van der Waals surface area contributed by atoms with Gasteiger partial charge in [0.05, 0.1) is 6.04 Å². The van der Waals surface area contributed by atoms with Crippen molar-refractivity contribution in [2.75, 3.05) is 6.54 Å². The number of H-pyrrole nitrogens is 1. The van der Waals surface area contributed by atoms with Crippen molar-refractivity contribution in [3.63, 3.8) is 0 Å². The summed E-state index contributed by atoms with van der Waals surface area (Å²) < 4.78 is 5.47. The lowest BCUT2D eigenvalue weighted by Crippen LogP contribution is -2.42. The van der Waals surface area contributed by atoms with Crippen LogP contribution < -0.4 is 5.56 Å². The fraction of sp³-hybridized carbons (Fsp3) is 0.600. The van der Waals surface area contributed by atoms with E-state index in [0.29, 0.717) is 6.54 Å². The third kappa shape index (κ3) is 3.62. The van der Waals surface area contributed by atoms with E-state index in [9.17, 15) is 9.59 Å². The van der Waals surface area contributed by atoms with Crippen LogP contribution in [0.2, 0.25) is 0 Å². The molecule has 1 fully saturated rings. The van der Waals surface area contributed by atoms with Crippen LogP contribution in [0.3, 0.4) is 0 Å². The van der Waals surface area contributed by atoms with E-state index >= 15 is 0 Å². The zero-order valence-electron chi connectivity index (χ0n) is 12.3. The first-order chi connectivity index (χ1) is 9.37. The van der Waals surface area contributed by atoms with Gasteiger partial charge in [-0.15, -0.1) is 0 Å². The minimum absolute atomic E-state index is 0.0181. The van der Waals surface area contributed by atoms with Gasteiger partial charge >= 0.3 is 6.09 Å². The van der Waals surface area contributed by atoms with Crippen molar-refractivity contribution in [2.45, 2.75) is 51.7 Å². The summed E-state index contributed by atoms with van der Waals surface area (Å²) in [4.78, 5) is 27.9. The second kappa shape index (κ2) is 5.69. The van der Waals surface area contributed by atoms with Crippen LogP contribution in [0.25, 0.3) is 0 Å². The van der Waals surface area contributed by atoms with Gasteiger partial charge in [0, 0.05) is 18.8 Å². The first-order valence-corrected chi connectivity index (χ1v) is 7.05. The summed E-state index contributed by atoms with van der Waals surface area (Å²) in [6.45, 7) is 6.29. The highest BCUT2D eigenvalue weighted by Crippen LogP contribution is 2.31. The zero-order valence-corrected chi connectivity index (χ0v) is 12.3. The van der Waals surface area contributed by atoms with E-state index in [1.807, 2.05) is 20.8 Å². The molecule has 0 saturated carbocycles. The third-order valence-electron chi connectivity index (χ3n) is 3.32. The van der Waals surface area contributed by atoms with Crippen molar-refractivity contribution in [1.82, 2.24) is 9.88 Å². The van der Waals surface area contributed by atoms with E-state index in [2.05, 4.69) is 4.98 Å². The van der Waals surface area contributed by atoms with Crippen molar-refractivity contribution in [2.24, 2.45) is 0 Å². The summed E-state index contributed by atoms with van der Waals surface area (Å²) in [5, 5.41) is 0. The Bertz CT molecular complexity index is 510. The van der Waals surface area contributed by atoms with Crippen molar-refractivity contribution in [3.05, 3.63) is 34.2 Å². The van der Waals surface area contributed by atoms with Gasteiger partial charge in [-0.05, 0) is 45.6 Å². The molecule has 1 saturated heterocycles. The van der Waals surface area contributed by atoms with Gasteiger partial charge in [-0.25, -0.2) is 4.79 Å². The Morgan fingerprint density at radius 2 is 2.10 bits per heavy atom. The number of carbonyl (C=O) groups is 1. The second-order valence-electron chi connectivity index (χ2n) is 6.17. The summed E-state index contributed by atoms with van der Waals surface area (Å²) in [5.41, 5.74) is 0.327. The SMILES string of the molecule is CC(C)(C)OC(=O)N1CCCC[C@H]1c1ccc(=O)[nH]c1. The maximum absolute atomic E-state index is 12.3. The monoisotopic (exact) mass is 278 g/mol. The van der Waals surface area contributed by atoms with Crippen LogP contribution in [0.4, 0.5) is 4.79 Å². The molecule has 1 atom stereocenters. The Morgan fingerprint density at radius 3 is 2.70 bits per heavy atom. The maximum Gasteiger partial charge on any atom is 0.410 e. The number of hydrogen-bond donors (Lipinski definition) is 1. The van der Waals surface area contributed by atoms with Gasteiger partial charge in [-0.3, -0.25) is 4.79 Å². The molecule has 0 unspecified atom stereocenters. The Labute approximate surface area is 118 Å². The molecule has 0 aromatic carbocycles. The number of likely N-dealkylation sites (tertiary alicyclic amines) is 1. The van der Waals surface area contributed by atoms with Gasteiger partial charge in [0.25, 0.3) is 0 Å². The van der Waals surface area contributed by atoms with E-state index in [1.54, 1.807) is 17.2 Å². The van der Waals surface area contributed by atoms with Gasteiger partial charge in [-0.1, -0.05) is 6.07 Å². The molecular weight excluding hydrogens is 256 g/mol. The Balaban J connectivity index is 2.18. The van der Waals surface area contributed by atoms with Gasteiger partial charge < -0.3 is 14.6 Å². The number of nitrogens with one attached hydrogen (secondary N) is 1. The summed E-state index contributed by atoms with van der Waals surface area (Å²) in [6.07, 6.45) is 4.36. The molecule has 0 bridgehead atoms. The summed E-state index contributed by atoms with van der Waals surface area (Å²) in [5.74, 6) is 0. The van der Waals surface area contributed by atoms with Gasteiger partial charge in [0.15, 0.2) is 0 Å². The summed E-state index contributed by atoms with van der Waals surface area (Å²) in [7, 11) is 0. The van der Waals surface area contributed by atoms with Crippen LogP contribution in [-0.4, -0.2) is 28.1 Å². The Kier molecular flexibility index (Phi) is 4.16. The van der Waals surface area contributed by atoms with Crippen LogP contribution in [0.5, 0.6) is 0 Å². The highest BCUT2D eigenvalue weighted by molar-refractivity contribution is 5.69. The number of carbonyl (C=O) groups excluding carboxylic acids is 1. The van der Waals surface area contributed by atoms with E-state index in [4.69, 9.17) is 4.74 Å². The average Bonchev–Trinajstić information content (AvgIpc) is 2.38. The molecule has 0 spiro atoms. The van der Waals surface area contributed by atoms with Crippen molar-refractivity contribution in [3.8, 4) is 0 Å². The smallest absolute Gasteiger partial charge is 0.410 e. The molecule has 1 aliphatic rings. The topological polar surface area (TPSA) is 62.4 Å². The number of amides is 1. The van der Waals surface area contributed by atoms with E-state index in [1.165, 1.54) is 6.07 Å². The van der Waals surface area contributed by atoms with Crippen LogP contribution in [-0.2, 0) is 4.74 Å². The molecule has 20 heavy (non-hydrogen) atoms. The first-order valence-electron chi connectivity index (χ1n) is 7.05. The highest BCUT2D eigenvalue weighted by Gasteiger charge is 2.31. The number of nitrogens with zero attached hydrogens (tertiary/aromatic N) is 1. The maximum atomic E-state index is 12.3. The molecule has 0 aliphatic carbocycles. The van der Waals surface area contributed by atoms with Crippen LogP contribution in [0.15, 0.2) is 23.1 Å². The van der Waals surface area contributed by atoms with E-state index in [-0.39, 0.29) is 17.7 Å². The van der Waals surface area contributed by atoms with Crippen molar-refractivity contribution < 1.29 is 9.53 Å². The fourth-order valence-corrected chi connectivity index (χ4v) is 2.45. The largest absolute Gasteiger partial charge is 0.444 e. The molecule has 110 valence electrons.